The van der Waals surface area contributed by atoms with E-state index in [1.807, 2.05) is 12.1 Å². The molecule has 4 aromatic rings. The van der Waals surface area contributed by atoms with Crippen molar-refractivity contribution in [1.82, 2.24) is 14.5 Å². The van der Waals surface area contributed by atoms with Crippen LogP contribution < -0.4 is 10.5 Å². The molecule has 3 heterocycles. The van der Waals surface area contributed by atoms with Crippen molar-refractivity contribution < 1.29 is 17.9 Å². The molecule has 170 valence electrons. The minimum atomic E-state index is -3.58. The number of nitrogens with zero attached hydrogens (tertiary/aromatic N) is 3. The molecule has 0 saturated carbocycles. The van der Waals surface area contributed by atoms with E-state index in [-0.39, 0.29) is 29.8 Å². The van der Waals surface area contributed by atoms with E-state index < -0.39 is 10.0 Å². The van der Waals surface area contributed by atoms with Gasteiger partial charge in [0.05, 0.1) is 22.7 Å². The average Bonchev–Trinajstić information content (AvgIpc) is 3.31. The van der Waals surface area contributed by atoms with E-state index in [1.54, 1.807) is 30.5 Å². The maximum Gasteiger partial charge on any atom is 0.223 e. The normalized spacial score (nSPS) is 13.0. The van der Waals surface area contributed by atoms with Crippen LogP contribution in [0.3, 0.4) is 0 Å². The summed E-state index contributed by atoms with van der Waals surface area (Å²) in [6.07, 6.45) is 2.68. The highest BCUT2D eigenvalue weighted by molar-refractivity contribution is 7.89. The molecule has 1 aliphatic rings. The van der Waals surface area contributed by atoms with Gasteiger partial charge in [0.2, 0.25) is 16.0 Å². The van der Waals surface area contributed by atoms with Gasteiger partial charge in [-0.15, -0.1) is 0 Å². The number of aromatic hydroxyl groups is 1. The second-order valence-corrected chi connectivity index (χ2v) is 9.79. The third-order valence-corrected chi connectivity index (χ3v) is 6.63. The van der Waals surface area contributed by atoms with Gasteiger partial charge < -0.3 is 15.0 Å². The Morgan fingerprint density at radius 1 is 1.21 bits per heavy atom. The molecule has 0 unspecified atom stereocenters. The van der Waals surface area contributed by atoms with Gasteiger partial charge in [-0.25, -0.2) is 27.9 Å². The van der Waals surface area contributed by atoms with Crippen molar-refractivity contribution in [3.63, 3.8) is 0 Å². The van der Waals surface area contributed by atoms with Crippen LogP contribution in [0, 0.1) is 5.82 Å². The number of benzene rings is 2. The summed E-state index contributed by atoms with van der Waals surface area (Å²) in [7, 11) is -3.58. The van der Waals surface area contributed by atoms with Crippen molar-refractivity contribution in [3.05, 3.63) is 71.3 Å². The molecule has 0 saturated heterocycles. The van der Waals surface area contributed by atoms with E-state index in [4.69, 9.17) is 5.14 Å². The number of rotatable bonds is 7. The number of aryl methyl sites for hydroxylation is 2. The van der Waals surface area contributed by atoms with E-state index >= 15 is 0 Å². The fourth-order valence-corrected chi connectivity index (χ4v) is 4.73. The third-order valence-electron chi connectivity index (χ3n) is 5.85. The standard InChI is InChI=1S/C23H22FN5O3S/c24-18-4-2-1-3-14(18)13-20-22(30)17-12-16(11-15-6-9-29(20)21(15)17)19-5-7-26-23(28-19)27-8-10-33(25,31)32/h1-5,7,11-12,30H,6,8-10,13H2,(H2,25,31,32)(H,26,27,28). The summed E-state index contributed by atoms with van der Waals surface area (Å²) in [5, 5.41) is 19.6. The predicted octanol–water partition coefficient (Wildman–Crippen LogP) is 2.79. The topological polar surface area (TPSA) is 123 Å². The molecule has 5 rings (SSSR count). The lowest BCUT2D eigenvalue weighted by Gasteiger charge is -2.08. The van der Waals surface area contributed by atoms with Crippen LogP contribution in [0.25, 0.3) is 22.2 Å². The van der Waals surface area contributed by atoms with E-state index in [2.05, 4.69) is 19.9 Å². The SMILES string of the molecule is NS(=O)(=O)CCNc1nccc(-c2cc3c4c(c2)c(O)c(Cc2ccccc2F)n4CC3)n1. The van der Waals surface area contributed by atoms with Gasteiger partial charge >= 0.3 is 0 Å². The fourth-order valence-electron chi connectivity index (χ4n) is 4.34. The smallest absolute Gasteiger partial charge is 0.223 e. The summed E-state index contributed by atoms with van der Waals surface area (Å²) < 4.78 is 38.6. The molecule has 0 fully saturated rings. The molecule has 2 aromatic heterocycles. The van der Waals surface area contributed by atoms with Gasteiger partial charge in [-0.05, 0) is 41.8 Å². The summed E-state index contributed by atoms with van der Waals surface area (Å²) in [4.78, 5) is 8.61. The molecule has 0 spiro atoms. The molecule has 0 amide bonds. The Morgan fingerprint density at radius 3 is 2.82 bits per heavy atom. The number of sulfonamides is 1. The number of hydrogen-bond donors (Lipinski definition) is 3. The monoisotopic (exact) mass is 467 g/mol. The summed E-state index contributed by atoms with van der Waals surface area (Å²) >= 11 is 0. The van der Waals surface area contributed by atoms with Crippen molar-refractivity contribution >= 4 is 26.9 Å². The Kier molecular flexibility index (Phi) is 5.26. The maximum absolute atomic E-state index is 14.2. The van der Waals surface area contributed by atoms with Crippen LogP contribution in [0.2, 0.25) is 0 Å². The van der Waals surface area contributed by atoms with Gasteiger partial charge in [0.15, 0.2) is 0 Å². The molecule has 0 bridgehead atoms. The summed E-state index contributed by atoms with van der Waals surface area (Å²) in [5.74, 6) is -0.0910. The van der Waals surface area contributed by atoms with Crippen LogP contribution in [-0.4, -0.2) is 40.4 Å². The lowest BCUT2D eigenvalue weighted by atomic mass is 10.0. The molecular weight excluding hydrogens is 445 g/mol. The lowest BCUT2D eigenvalue weighted by Crippen LogP contribution is -2.22. The van der Waals surface area contributed by atoms with Crippen LogP contribution in [0.1, 0.15) is 16.8 Å². The van der Waals surface area contributed by atoms with Crippen LogP contribution in [0.4, 0.5) is 10.3 Å². The van der Waals surface area contributed by atoms with E-state index in [9.17, 15) is 17.9 Å². The fraction of sp³-hybridized carbons (Fsp3) is 0.217. The van der Waals surface area contributed by atoms with E-state index in [0.717, 1.165) is 23.1 Å². The molecule has 8 nitrogen and oxygen atoms in total. The second-order valence-electron chi connectivity index (χ2n) is 8.06. The molecule has 0 atom stereocenters. The Hall–Kier alpha value is -3.50. The van der Waals surface area contributed by atoms with Gasteiger partial charge in [0, 0.05) is 36.7 Å². The van der Waals surface area contributed by atoms with Crippen LogP contribution >= 0.6 is 0 Å². The molecule has 10 heteroatoms. The van der Waals surface area contributed by atoms with Gasteiger partial charge in [-0.3, -0.25) is 0 Å². The molecular formula is C23H22FN5O3S. The van der Waals surface area contributed by atoms with Gasteiger partial charge in [0.25, 0.3) is 0 Å². The lowest BCUT2D eigenvalue weighted by molar-refractivity contribution is 0.469. The molecule has 0 radical (unpaired) electrons. The Balaban J connectivity index is 1.50. The van der Waals surface area contributed by atoms with Crippen molar-refractivity contribution in [1.29, 1.82) is 0 Å². The third kappa shape index (κ3) is 4.14. The van der Waals surface area contributed by atoms with Crippen LogP contribution in [0.15, 0.2) is 48.7 Å². The van der Waals surface area contributed by atoms with E-state index in [1.165, 1.54) is 6.07 Å². The van der Waals surface area contributed by atoms with Gasteiger partial charge in [-0.2, -0.15) is 0 Å². The zero-order valence-electron chi connectivity index (χ0n) is 17.6. The maximum atomic E-state index is 14.2. The Labute approximate surface area is 190 Å². The summed E-state index contributed by atoms with van der Waals surface area (Å²) in [5.41, 5.74) is 4.71. The minimum absolute atomic E-state index is 0.0929. The molecule has 33 heavy (non-hydrogen) atoms. The number of nitrogens with one attached hydrogen (secondary N) is 1. The van der Waals surface area contributed by atoms with Crippen molar-refractivity contribution in [3.8, 4) is 17.0 Å². The zero-order chi connectivity index (χ0) is 23.2. The first-order chi connectivity index (χ1) is 15.8. The van der Waals surface area contributed by atoms with Crippen molar-refractivity contribution in [2.75, 3.05) is 17.6 Å². The average molecular weight is 468 g/mol. The Morgan fingerprint density at radius 2 is 2.03 bits per heavy atom. The van der Waals surface area contributed by atoms with Gasteiger partial charge in [0.1, 0.15) is 11.6 Å². The van der Waals surface area contributed by atoms with Crippen LogP contribution in [0.5, 0.6) is 5.75 Å². The van der Waals surface area contributed by atoms with E-state index in [0.29, 0.717) is 35.3 Å². The first kappa shape index (κ1) is 21.4. The number of halogens is 1. The first-order valence-electron chi connectivity index (χ1n) is 10.5. The highest BCUT2D eigenvalue weighted by Gasteiger charge is 2.25. The largest absolute Gasteiger partial charge is 0.505 e. The number of aromatic nitrogens is 3. The highest BCUT2D eigenvalue weighted by atomic mass is 32.2. The number of hydrogen-bond acceptors (Lipinski definition) is 6. The summed E-state index contributed by atoms with van der Waals surface area (Å²) in [6, 6.07) is 12.2. The molecule has 0 aliphatic carbocycles. The number of primary sulfonamides is 1. The molecule has 2 aromatic carbocycles. The number of anilines is 1. The quantitative estimate of drug-likeness (QED) is 0.384. The highest BCUT2D eigenvalue weighted by Crippen LogP contribution is 2.41. The molecule has 1 aliphatic heterocycles. The first-order valence-corrected chi connectivity index (χ1v) is 12.2. The number of nitrogens with two attached hydrogens (primary N) is 1. The van der Waals surface area contributed by atoms with Crippen LogP contribution in [-0.2, 0) is 29.4 Å². The van der Waals surface area contributed by atoms with Crippen molar-refractivity contribution in [2.24, 2.45) is 5.14 Å². The second kappa shape index (κ2) is 8.13. The Bertz CT molecular complexity index is 1480. The minimum Gasteiger partial charge on any atom is -0.505 e. The van der Waals surface area contributed by atoms with Crippen molar-refractivity contribution in [2.45, 2.75) is 19.4 Å². The predicted molar refractivity (Wildman–Crippen MR) is 124 cm³/mol. The van der Waals surface area contributed by atoms with Gasteiger partial charge in [-0.1, -0.05) is 18.2 Å². The zero-order valence-corrected chi connectivity index (χ0v) is 18.4. The molecule has 4 N–H and O–H groups in total. The summed E-state index contributed by atoms with van der Waals surface area (Å²) in [6.45, 7) is 0.805.